The maximum Gasteiger partial charge on any atom is 0.256 e. The van der Waals surface area contributed by atoms with Gasteiger partial charge in [-0.25, -0.2) is 0 Å². The second kappa shape index (κ2) is 4.61. The number of nitrogens with one attached hydrogen (secondary N) is 1. The number of aliphatic hydroxyl groups is 1. The highest BCUT2D eigenvalue weighted by molar-refractivity contribution is 5.98. The standard InChI is InChI=1S/C8H14N4O2/c1-12-7(9)6(5-11-12)8(14)10-3-2-4-13/h5,13H,2-4,9H2,1H3,(H,10,14). The Hall–Kier alpha value is -1.56. The number of nitrogen functional groups attached to an aromatic ring is 1. The zero-order valence-electron chi connectivity index (χ0n) is 8.03. The summed E-state index contributed by atoms with van der Waals surface area (Å²) in [4.78, 5) is 11.4. The number of carbonyl (C=O) groups is 1. The fourth-order valence-electron chi connectivity index (χ4n) is 0.998. The van der Waals surface area contributed by atoms with Crippen molar-refractivity contribution in [3.05, 3.63) is 11.8 Å². The number of nitrogens with two attached hydrogens (primary N) is 1. The molecule has 1 heterocycles. The quantitative estimate of drug-likeness (QED) is 0.547. The topological polar surface area (TPSA) is 93.2 Å². The first kappa shape index (κ1) is 10.5. The Morgan fingerprint density at radius 3 is 3.00 bits per heavy atom. The molecule has 6 nitrogen and oxygen atoms in total. The summed E-state index contributed by atoms with van der Waals surface area (Å²) < 4.78 is 1.43. The number of aromatic nitrogens is 2. The Morgan fingerprint density at radius 1 is 1.79 bits per heavy atom. The molecular formula is C8H14N4O2. The minimum absolute atomic E-state index is 0.0583. The molecule has 0 aliphatic heterocycles. The van der Waals surface area contributed by atoms with Crippen molar-refractivity contribution in [2.24, 2.45) is 7.05 Å². The number of carbonyl (C=O) groups excluding carboxylic acids is 1. The van der Waals surface area contributed by atoms with Crippen LogP contribution >= 0.6 is 0 Å². The first-order valence-corrected chi connectivity index (χ1v) is 4.33. The van der Waals surface area contributed by atoms with Gasteiger partial charge in [0.2, 0.25) is 0 Å². The van der Waals surface area contributed by atoms with E-state index in [4.69, 9.17) is 10.8 Å². The van der Waals surface area contributed by atoms with Crippen LogP contribution in [0.2, 0.25) is 0 Å². The third-order valence-electron chi connectivity index (χ3n) is 1.85. The third-order valence-corrected chi connectivity index (χ3v) is 1.85. The second-order valence-corrected chi connectivity index (χ2v) is 2.90. The Morgan fingerprint density at radius 2 is 2.50 bits per heavy atom. The molecule has 1 aromatic rings. The lowest BCUT2D eigenvalue weighted by molar-refractivity contribution is 0.0952. The number of hydrogen-bond acceptors (Lipinski definition) is 4. The normalized spacial score (nSPS) is 10.1. The number of amides is 1. The summed E-state index contributed by atoms with van der Waals surface area (Å²) in [5.41, 5.74) is 5.96. The average molecular weight is 198 g/mol. The molecule has 0 aliphatic carbocycles. The molecule has 1 amide bonds. The Labute approximate surface area is 81.7 Å². The van der Waals surface area contributed by atoms with E-state index in [1.807, 2.05) is 0 Å². The van der Waals surface area contributed by atoms with Crippen molar-refractivity contribution in [1.82, 2.24) is 15.1 Å². The Balaban J connectivity index is 2.56. The number of nitrogens with zero attached hydrogens (tertiary/aromatic N) is 2. The molecule has 0 fully saturated rings. The molecule has 14 heavy (non-hydrogen) atoms. The highest BCUT2D eigenvalue weighted by atomic mass is 16.3. The predicted octanol–water partition coefficient (Wildman–Crippen LogP) is -0.885. The van der Waals surface area contributed by atoms with Crippen LogP contribution in [-0.4, -0.2) is 33.9 Å². The monoisotopic (exact) mass is 198 g/mol. The number of aryl methyl sites for hydroxylation is 1. The maximum absolute atomic E-state index is 11.4. The molecule has 0 unspecified atom stereocenters. The van der Waals surface area contributed by atoms with Crippen LogP contribution in [0.15, 0.2) is 6.20 Å². The highest BCUT2D eigenvalue weighted by Crippen LogP contribution is 2.08. The minimum Gasteiger partial charge on any atom is -0.396 e. The van der Waals surface area contributed by atoms with Gasteiger partial charge in [-0.1, -0.05) is 0 Å². The van der Waals surface area contributed by atoms with Crippen LogP contribution in [-0.2, 0) is 7.05 Å². The summed E-state index contributed by atoms with van der Waals surface area (Å²) in [6.45, 7) is 0.493. The smallest absolute Gasteiger partial charge is 0.256 e. The molecule has 0 saturated heterocycles. The van der Waals surface area contributed by atoms with Gasteiger partial charge >= 0.3 is 0 Å². The molecule has 0 saturated carbocycles. The van der Waals surface area contributed by atoms with Gasteiger partial charge in [0.1, 0.15) is 11.4 Å². The molecule has 78 valence electrons. The van der Waals surface area contributed by atoms with E-state index in [9.17, 15) is 4.79 Å². The molecule has 1 aromatic heterocycles. The van der Waals surface area contributed by atoms with E-state index in [0.717, 1.165) is 0 Å². The van der Waals surface area contributed by atoms with E-state index >= 15 is 0 Å². The van der Waals surface area contributed by atoms with Crippen LogP contribution in [0.4, 0.5) is 5.82 Å². The summed E-state index contributed by atoms with van der Waals surface area (Å²) in [5, 5.41) is 15.0. The molecule has 0 aliphatic rings. The molecule has 0 aromatic carbocycles. The zero-order chi connectivity index (χ0) is 10.6. The van der Waals surface area contributed by atoms with E-state index in [1.54, 1.807) is 7.05 Å². The van der Waals surface area contributed by atoms with E-state index in [-0.39, 0.29) is 12.5 Å². The minimum atomic E-state index is -0.260. The van der Waals surface area contributed by atoms with Crippen molar-refractivity contribution in [1.29, 1.82) is 0 Å². The van der Waals surface area contributed by atoms with Gasteiger partial charge in [0.05, 0.1) is 6.20 Å². The number of anilines is 1. The van der Waals surface area contributed by atoms with Crippen LogP contribution in [0.1, 0.15) is 16.8 Å². The number of hydrogen-bond donors (Lipinski definition) is 3. The number of aliphatic hydroxyl groups excluding tert-OH is 1. The predicted molar refractivity (Wildman–Crippen MR) is 51.7 cm³/mol. The molecule has 4 N–H and O–H groups in total. The third kappa shape index (κ3) is 2.23. The molecule has 0 radical (unpaired) electrons. The van der Waals surface area contributed by atoms with Gasteiger partial charge in [0, 0.05) is 20.2 Å². The summed E-state index contributed by atoms with van der Waals surface area (Å²) >= 11 is 0. The summed E-state index contributed by atoms with van der Waals surface area (Å²) in [6, 6.07) is 0. The van der Waals surface area contributed by atoms with Crippen molar-refractivity contribution >= 4 is 11.7 Å². The van der Waals surface area contributed by atoms with Crippen molar-refractivity contribution in [3.63, 3.8) is 0 Å². The largest absolute Gasteiger partial charge is 0.396 e. The van der Waals surface area contributed by atoms with Crippen LogP contribution in [0.5, 0.6) is 0 Å². The van der Waals surface area contributed by atoms with E-state index in [2.05, 4.69) is 10.4 Å². The van der Waals surface area contributed by atoms with Crippen LogP contribution in [0, 0.1) is 0 Å². The van der Waals surface area contributed by atoms with Crippen molar-refractivity contribution in [2.45, 2.75) is 6.42 Å². The highest BCUT2D eigenvalue weighted by Gasteiger charge is 2.12. The fraction of sp³-hybridized carbons (Fsp3) is 0.500. The lowest BCUT2D eigenvalue weighted by Crippen LogP contribution is -2.25. The van der Waals surface area contributed by atoms with Crippen LogP contribution in [0.3, 0.4) is 0 Å². The van der Waals surface area contributed by atoms with Gasteiger partial charge in [0.15, 0.2) is 0 Å². The second-order valence-electron chi connectivity index (χ2n) is 2.90. The van der Waals surface area contributed by atoms with Crippen molar-refractivity contribution in [2.75, 3.05) is 18.9 Å². The summed E-state index contributed by atoms with van der Waals surface area (Å²) in [5.74, 6) is 0.0792. The lowest BCUT2D eigenvalue weighted by atomic mass is 10.3. The fourth-order valence-corrected chi connectivity index (χ4v) is 0.998. The molecule has 0 bridgehead atoms. The van der Waals surface area contributed by atoms with Gasteiger partial charge in [-0.2, -0.15) is 5.10 Å². The molecule has 0 atom stereocenters. The zero-order valence-corrected chi connectivity index (χ0v) is 8.03. The lowest BCUT2D eigenvalue weighted by Gasteiger charge is -2.02. The van der Waals surface area contributed by atoms with E-state index in [1.165, 1.54) is 10.9 Å². The van der Waals surface area contributed by atoms with Crippen LogP contribution < -0.4 is 11.1 Å². The first-order valence-electron chi connectivity index (χ1n) is 4.33. The number of rotatable bonds is 4. The SMILES string of the molecule is Cn1ncc(C(=O)NCCCO)c1N. The van der Waals surface area contributed by atoms with E-state index < -0.39 is 0 Å². The maximum atomic E-state index is 11.4. The Kier molecular flexibility index (Phi) is 3.47. The molecular weight excluding hydrogens is 184 g/mol. The Bertz CT molecular complexity index is 321. The van der Waals surface area contributed by atoms with Gasteiger partial charge < -0.3 is 16.2 Å². The molecule has 6 heteroatoms. The molecule has 1 rings (SSSR count). The van der Waals surface area contributed by atoms with Crippen molar-refractivity contribution in [3.8, 4) is 0 Å². The summed E-state index contributed by atoms with van der Waals surface area (Å²) in [6.07, 6.45) is 1.95. The van der Waals surface area contributed by atoms with Gasteiger partial charge in [-0.3, -0.25) is 9.48 Å². The van der Waals surface area contributed by atoms with Crippen molar-refractivity contribution < 1.29 is 9.90 Å². The van der Waals surface area contributed by atoms with Gasteiger partial charge in [0.25, 0.3) is 5.91 Å². The summed E-state index contributed by atoms with van der Waals surface area (Å²) in [7, 11) is 1.67. The van der Waals surface area contributed by atoms with Crippen LogP contribution in [0.25, 0.3) is 0 Å². The van der Waals surface area contributed by atoms with Gasteiger partial charge in [-0.15, -0.1) is 0 Å². The first-order chi connectivity index (χ1) is 6.66. The van der Waals surface area contributed by atoms with Gasteiger partial charge in [-0.05, 0) is 6.42 Å². The average Bonchev–Trinajstić information content (AvgIpc) is 2.48. The molecule has 0 spiro atoms. The van der Waals surface area contributed by atoms with E-state index in [0.29, 0.717) is 24.3 Å².